The number of alkyl halides is 3. The highest BCUT2D eigenvalue weighted by Crippen LogP contribution is 2.39. The lowest BCUT2D eigenvalue weighted by molar-refractivity contribution is -0.170. The van der Waals surface area contributed by atoms with Crippen molar-refractivity contribution < 1.29 is 31.5 Å². The normalized spacial score (nSPS) is 13.2. The molecule has 1 aliphatic rings. The molecule has 1 aromatic heterocycles. The predicted molar refractivity (Wildman–Crippen MR) is 139 cm³/mol. The molecule has 0 bridgehead atoms. The Labute approximate surface area is 226 Å². The number of likely N-dealkylation sites (N-methyl/N-ethyl adjacent to an activating group) is 1. The summed E-state index contributed by atoms with van der Waals surface area (Å²) in [6, 6.07) is 6.60. The molecule has 9 nitrogen and oxygen atoms in total. The van der Waals surface area contributed by atoms with Crippen molar-refractivity contribution >= 4 is 35.1 Å². The smallest absolute Gasteiger partial charge is 0.353 e. The summed E-state index contributed by atoms with van der Waals surface area (Å²) in [7, 11) is 4.73. The molecular formula is C26H26F5N7O2. The van der Waals surface area contributed by atoms with Gasteiger partial charge in [-0.1, -0.05) is 12.1 Å². The Bertz CT molecular complexity index is 1440. The van der Waals surface area contributed by atoms with Gasteiger partial charge < -0.3 is 20.4 Å². The standard InChI is InChI=1S/C26H26F5N7O2/c1-14-12-15(37(4)23(39)26(29,30)31)8-9-16(14)20-17-13-33-25(40)38(21-18(27)6-5-7-19(21)28)22(17)35-24(34-20)32-10-11-36(2)3/h5-9,12H,10-11,13H2,1-4H3,(H,33,40)(H,32,34,35). The highest BCUT2D eigenvalue weighted by atomic mass is 19.4. The molecule has 0 saturated carbocycles. The lowest BCUT2D eigenvalue weighted by atomic mass is 9.99. The van der Waals surface area contributed by atoms with Crippen molar-refractivity contribution in [3.8, 4) is 11.3 Å². The molecule has 0 saturated heterocycles. The zero-order valence-corrected chi connectivity index (χ0v) is 22.0. The number of aromatic nitrogens is 2. The number of nitrogens with zero attached hydrogens (tertiary/aromatic N) is 5. The van der Waals surface area contributed by atoms with Crippen LogP contribution in [-0.2, 0) is 11.3 Å². The molecule has 40 heavy (non-hydrogen) atoms. The van der Waals surface area contributed by atoms with E-state index >= 15 is 0 Å². The van der Waals surface area contributed by atoms with Crippen LogP contribution in [0.4, 0.5) is 49.9 Å². The van der Waals surface area contributed by atoms with Crippen molar-refractivity contribution in [2.45, 2.75) is 19.6 Å². The van der Waals surface area contributed by atoms with E-state index < -0.39 is 35.4 Å². The summed E-state index contributed by atoms with van der Waals surface area (Å²) in [5, 5.41) is 5.62. The Balaban J connectivity index is 1.87. The summed E-state index contributed by atoms with van der Waals surface area (Å²) >= 11 is 0. The summed E-state index contributed by atoms with van der Waals surface area (Å²) < 4.78 is 68.5. The first-order valence-corrected chi connectivity index (χ1v) is 12.1. The number of benzene rings is 2. The number of urea groups is 1. The molecule has 2 heterocycles. The van der Waals surface area contributed by atoms with E-state index in [0.717, 1.165) is 24.1 Å². The van der Waals surface area contributed by atoms with Crippen LogP contribution in [0.1, 0.15) is 11.1 Å². The zero-order chi connectivity index (χ0) is 29.4. The van der Waals surface area contributed by atoms with Crippen LogP contribution >= 0.6 is 0 Å². The molecule has 0 spiro atoms. The Morgan fingerprint density at radius 1 is 1.10 bits per heavy atom. The number of amides is 3. The van der Waals surface area contributed by atoms with E-state index in [2.05, 4.69) is 20.6 Å². The van der Waals surface area contributed by atoms with Crippen LogP contribution in [0.25, 0.3) is 11.3 Å². The predicted octanol–water partition coefficient (Wildman–Crippen LogP) is 4.59. The maximum absolute atomic E-state index is 14.8. The highest BCUT2D eigenvalue weighted by Gasteiger charge is 2.42. The van der Waals surface area contributed by atoms with Gasteiger partial charge in [-0.3, -0.25) is 4.79 Å². The Morgan fingerprint density at radius 3 is 2.38 bits per heavy atom. The largest absolute Gasteiger partial charge is 0.471 e. The first-order chi connectivity index (χ1) is 18.8. The van der Waals surface area contributed by atoms with Gasteiger partial charge in [0.1, 0.15) is 17.3 Å². The minimum absolute atomic E-state index is 0.000753. The second kappa shape index (κ2) is 11.0. The molecule has 4 rings (SSSR count). The van der Waals surface area contributed by atoms with E-state index in [0.29, 0.717) is 34.7 Å². The molecule has 14 heteroatoms. The Hall–Kier alpha value is -4.33. The van der Waals surface area contributed by atoms with Crippen LogP contribution in [0, 0.1) is 18.6 Å². The number of fused-ring (bicyclic) bond motifs is 1. The minimum atomic E-state index is -5.05. The van der Waals surface area contributed by atoms with Gasteiger partial charge in [-0.05, 0) is 50.8 Å². The van der Waals surface area contributed by atoms with E-state index in [-0.39, 0.29) is 29.7 Å². The number of halogens is 5. The molecule has 0 radical (unpaired) electrons. The Morgan fingerprint density at radius 2 is 1.77 bits per heavy atom. The fourth-order valence-corrected chi connectivity index (χ4v) is 4.19. The molecule has 212 valence electrons. The molecular weight excluding hydrogens is 537 g/mol. The van der Waals surface area contributed by atoms with Crippen LogP contribution in [0.5, 0.6) is 0 Å². The summed E-state index contributed by atoms with van der Waals surface area (Å²) in [5.41, 5.74) is 0.906. The monoisotopic (exact) mass is 563 g/mol. The van der Waals surface area contributed by atoms with Gasteiger partial charge in [-0.2, -0.15) is 18.2 Å². The third-order valence-electron chi connectivity index (χ3n) is 6.22. The number of aryl methyl sites for hydroxylation is 1. The lowest BCUT2D eigenvalue weighted by Gasteiger charge is -2.31. The van der Waals surface area contributed by atoms with E-state index in [1.54, 1.807) is 6.92 Å². The molecule has 0 aliphatic carbocycles. The molecule has 3 aromatic rings. The number of carbonyl (C=O) groups is 2. The van der Waals surface area contributed by atoms with Crippen LogP contribution in [0.15, 0.2) is 36.4 Å². The van der Waals surface area contributed by atoms with Crippen molar-refractivity contribution in [3.05, 3.63) is 59.2 Å². The van der Waals surface area contributed by atoms with E-state index in [1.165, 1.54) is 24.3 Å². The lowest BCUT2D eigenvalue weighted by Crippen LogP contribution is -2.43. The van der Waals surface area contributed by atoms with Crippen LogP contribution in [-0.4, -0.2) is 67.2 Å². The number of hydrogen-bond donors (Lipinski definition) is 2. The number of anilines is 4. The van der Waals surface area contributed by atoms with Gasteiger partial charge >= 0.3 is 18.1 Å². The molecule has 0 unspecified atom stereocenters. The first-order valence-electron chi connectivity index (χ1n) is 12.1. The summed E-state index contributed by atoms with van der Waals surface area (Å²) in [5.74, 6) is -3.99. The summed E-state index contributed by atoms with van der Waals surface area (Å²) in [6.07, 6.45) is -5.05. The van der Waals surface area contributed by atoms with Crippen LogP contribution < -0.4 is 20.4 Å². The highest BCUT2D eigenvalue weighted by molar-refractivity contribution is 6.02. The van der Waals surface area contributed by atoms with Crippen molar-refractivity contribution in [3.63, 3.8) is 0 Å². The number of rotatable bonds is 7. The molecule has 2 N–H and O–H groups in total. The van der Waals surface area contributed by atoms with E-state index in [9.17, 15) is 31.5 Å². The SMILES string of the molecule is Cc1cc(N(C)C(=O)C(F)(F)F)ccc1-c1nc(NCCN(C)C)nc2c1CNC(=O)N2c1c(F)cccc1F. The number of para-hydroxylation sites is 1. The molecule has 0 atom stereocenters. The third-order valence-corrected chi connectivity index (χ3v) is 6.22. The fourth-order valence-electron chi connectivity index (χ4n) is 4.19. The third kappa shape index (κ3) is 5.66. The van der Waals surface area contributed by atoms with Gasteiger partial charge in [0.15, 0.2) is 5.82 Å². The summed E-state index contributed by atoms with van der Waals surface area (Å²) in [4.78, 5) is 36.9. The van der Waals surface area contributed by atoms with Gasteiger partial charge in [0.05, 0.1) is 12.2 Å². The Kier molecular flexibility index (Phi) is 7.91. The van der Waals surface area contributed by atoms with E-state index in [4.69, 9.17) is 0 Å². The van der Waals surface area contributed by atoms with Crippen molar-refractivity contribution in [1.29, 1.82) is 0 Å². The van der Waals surface area contributed by atoms with Gasteiger partial charge in [0.2, 0.25) is 5.95 Å². The second-order valence-electron chi connectivity index (χ2n) is 9.35. The zero-order valence-electron chi connectivity index (χ0n) is 22.0. The van der Waals surface area contributed by atoms with Crippen molar-refractivity contribution in [2.75, 3.05) is 49.3 Å². The summed E-state index contributed by atoms with van der Waals surface area (Å²) in [6.45, 7) is 2.53. The quantitative estimate of drug-likeness (QED) is 0.409. The number of hydrogen-bond acceptors (Lipinski definition) is 6. The molecule has 2 aromatic carbocycles. The van der Waals surface area contributed by atoms with Gasteiger partial charge in [-0.25, -0.2) is 23.5 Å². The average Bonchev–Trinajstić information content (AvgIpc) is 2.87. The molecule has 1 aliphatic heterocycles. The van der Waals surface area contributed by atoms with Crippen LogP contribution in [0.2, 0.25) is 0 Å². The topological polar surface area (TPSA) is 93.7 Å². The fraction of sp³-hybridized carbons (Fsp3) is 0.308. The molecule has 0 fully saturated rings. The second-order valence-corrected chi connectivity index (χ2v) is 9.35. The van der Waals surface area contributed by atoms with Crippen LogP contribution in [0.3, 0.4) is 0 Å². The average molecular weight is 564 g/mol. The van der Waals surface area contributed by atoms with Crippen molar-refractivity contribution in [2.24, 2.45) is 0 Å². The number of nitrogens with one attached hydrogen (secondary N) is 2. The molecule has 3 amide bonds. The number of carbonyl (C=O) groups excluding carboxylic acids is 2. The van der Waals surface area contributed by atoms with Gasteiger partial charge in [0, 0.05) is 37.0 Å². The first kappa shape index (κ1) is 28.7. The minimum Gasteiger partial charge on any atom is -0.353 e. The van der Waals surface area contributed by atoms with E-state index in [1.807, 2.05) is 19.0 Å². The maximum atomic E-state index is 14.8. The van der Waals surface area contributed by atoms with Crippen molar-refractivity contribution in [1.82, 2.24) is 20.2 Å². The van der Waals surface area contributed by atoms with Gasteiger partial charge in [-0.15, -0.1) is 0 Å². The van der Waals surface area contributed by atoms with Gasteiger partial charge in [0.25, 0.3) is 0 Å². The maximum Gasteiger partial charge on any atom is 0.471 e.